The molecule has 3 aliphatic rings. The van der Waals surface area contributed by atoms with Crippen LogP contribution in [0.3, 0.4) is 0 Å². The first-order valence-electron chi connectivity index (χ1n) is 13.1. The topological polar surface area (TPSA) is 310 Å². The quantitative estimate of drug-likeness (QED) is 0.0983. The molecular weight excluding hydrogens is 612 g/mol. The maximum Gasteiger partial charge on any atom is 0.397 e. The molecule has 3 fully saturated rings. The van der Waals surface area contributed by atoms with Crippen LogP contribution < -0.4 is 10.6 Å². The van der Waals surface area contributed by atoms with Crippen LogP contribution in [0.4, 0.5) is 0 Å². The summed E-state index contributed by atoms with van der Waals surface area (Å²) in [7, 11) is -5.11. The molecule has 20 nitrogen and oxygen atoms in total. The SMILES string of the molecule is CC(=O)N[C@@H]1[C@@H](O[C@@H]2O[C@@H](C)[C@@H](O)[C@@H](O)[C@@H]2O)[C@H](O[C@@H]2O[C@H](CO)[C@H](O)[C@H](O)[C@H]2NC(C)=O)[C@@H](COS(=O)(=O)O)O[C@H]1O. The third-order valence-electron chi connectivity index (χ3n) is 7.06. The molecule has 10 N–H and O–H groups in total. The average Bonchev–Trinajstić information content (AvgIpc) is 2.91. The van der Waals surface area contributed by atoms with Gasteiger partial charge in [0.05, 0.1) is 19.3 Å². The second-order valence-electron chi connectivity index (χ2n) is 10.3. The molecule has 250 valence electrons. The Labute approximate surface area is 245 Å². The first-order valence-corrected chi connectivity index (χ1v) is 14.4. The number of hydrogen-bond donors (Lipinski definition) is 10. The van der Waals surface area contributed by atoms with Crippen molar-refractivity contribution in [2.24, 2.45) is 0 Å². The highest BCUT2D eigenvalue weighted by Gasteiger charge is 2.54. The number of carbonyl (C=O) groups is 2. The third kappa shape index (κ3) is 8.74. The highest BCUT2D eigenvalue weighted by atomic mass is 32.3. The van der Waals surface area contributed by atoms with Crippen molar-refractivity contribution < 1.29 is 86.2 Å². The fraction of sp³-hybridized carbons (Fsp3) is 0.909. The molecule has 0 radical (unpaired) electrons. The first-order chi connectivity index (χ1) is 19.9. The lowest BCUT2D eigenvalue weighted by Gasteiger charge is -2.50. The summed E-state index contributed by atoms with van der Waals surface area (Å²) >= 11 is 0. The van der Waals surface area contributed by atoms with Gasteiger partial charge in [0, 0.05) is 13.8 Å². The molecule has 2 amide bonds. The van der Waals surface area contributed by atoms with E-state index in [4.69, 9.17) is 28.2 Å². The number of aliphatic hydroxyl groups excluding tert-OH is 7. The standard InChI is InChI=1S/C22H38N2O18S/c1-6-13(28)16(31)17(32)22(38-6)42-19-12(24-8(3)27)20(33)39-10(5-37-43(34,35)36)18(19)41-21-11(23-7(2)26)15(30)14(29)9(4-25)40-21/h6,9-22,25,28-33H,4-5H2,1-3H3,(H,23,26)(H,24,27)(H,34,35,36)/t6-,9+,10+,11+,12+,13+,14-,15+,16+,17-,18+,19+,20+,21-,22-/m0/s1. The Balaban J connectivity index is 2.06. The van der Waals surface area contributed by atoms with Crippen molar-refractivity contribution in [2.45, 2.75) is 113 Å². The predicted octanol–water partition coefficient (Wildman–Crippen LogP) is -6.43. The monoisotopic (exact) mass is 650 g/mol. The second-order valence-corrected chi connectivity index (χ2v) is 11.4. The minimum atomic E-state index is -5.11. The van der Waals surface area contributed by atoms with Gasteiger partial charge < -0.3 is 70.1 Å². The molecular formula is C22H38N2O18S. The molecule has 0 aromatic rings. The van der Waals surface area contributed by atoms with Crippen LogP contribution in [0, 0.1) is 0 Å². The van der Waals surface area contributed by atoms with E-state index >= 15 is 0 Å². The summed E-state index contributed by atoms with van der Waals surface area (Å²) in [6, 6.07) is -3.13. The highest BCUT2D eigenvalue weighted by molar-refractivity contribution is 7.80. The van der Waals surface area contributed by atoms with Crippen LogP contribution in [0.25, 0.3) is 0 Å². The summed E-state index contributed by atoms with van der Waals surface area (Å²) in [5.74, 6) is -1.47. The molecule has 0 spiro atoms. The summed E-state index contributed by atoms with van der Waals surface area (Å²) in [6.07, 6.45) is -22.1. The Hall–Kier alpha value is -1.67. The minimum absolute atomic E-state index is 0.721. The van der Waals surface area contributed by atoms with Gasteiger partial charge in [0.1, 0.15) is 67.0 Å². The Bertz CT molecular complexity index is 1070. The predicted molar refractivity (Wildman–Crippen MR) is 133 cm³/mol. The van der Waals surface area contributed by atoms with Crippen LogP contribution in [0.1, 0.15) is 20.8 Å². The lowest BCUT2D eigenvalue weighted by Crippen LogP contribution is -2.70. The van der Waals surface area contributed by atoms with Gasteiger partial charge >= 0.3 is 10.4 Å². The largest absolute Gasteiger partial charge is 0.397 e. The Morgan fingerprint density at radius 3 is 1.88 bits per heavy atom. The lowest BCUT2D eigenvalue weighted by molar-refractivity contribution is -0.362. The van der Waals surface area contributed by atoms with Gasteiger partial charge in [0.15, 0.2) is 18.9 Å². The summed E-state index contributed by atoms with van der Waals surface area (Å²) < 4.78 is 64.5. The van der Waals surface area contributed by atoms with E-state index in [1.807, 2.05) is 0 Å². The zero-order valence-electron chi connectivity index (χ0n) is 23.1. The van der Waals surface area contributed by atoms with Crippen LogP contribution in [-0.4, -0.2) is 166 Å². The molecule has 0 aromatic heterocycles. The van der Waals surface area contributed by atoms with E-state index in [1.165, 1.54) is 6.92 Å². The van der Waals surface area contributed by atoms with E-state index in [0.717, 1.165) is 13.8 Å². The van der Waals surface area contributed by atoms with Gasteiger partial charge in [-0.3, -0.25) is 14.1 Å². The Kier molecular flexibility index (Phi) is 12.2. The summed E-state index contributed by atoms with van der Waals surface area (Å²) in [4.78, 5) is 24.0. The van der Waals surface area contributed by atoms with E-state index < -0.39 is 127 Å². The van der Waals surface area contributed by atoms with Gasteiger partial charge in [0.25, 0.3) is 0 Å². The van der Waals surface area contributed by atoms with Crippen molar-refractivity contribution in [1.82, 2.24) is 10.6 Å². The van der Waals surface area contributed by atoms with Gasteiger partial charge in [-0.25, -0.2) is 4.18 Å². The normalized spacial score (nSPS) is 44.0. The van der Waals surface area contributed by atoms with Crippen LogP contribution in [0.5, 0.6) is 0 Å². The van der Waals surface area contributed by atoms with Crippen molar-refractivity contribution in [3.8, 4) is 0 Å². The smallest absolute Gasteiger partial charge is 0.394 e. The molecule has 0 saturated carbocycles. The third-order valence-corrected chi connectivity index (χ3v) is 7.49. The maximum absolute atomic E-state index is 12.1. The Morgan fingerprint density at radius 1 is 0.744 bits per heavy atom. The van der Waals surface area contributed by atoms with Crippen LogP contribution in [0.2, 0.25) is 0 Å². The van der Waals surface area contributed by atoms with Crippen molar-refractivity contribution in [3.63, 3.8) is 0 Å². The van der Waals surface area contributed by atoms with Gasteiger partial charge in [-0.1, -0.05) is 0 Å². The molecule has 0 bridgehead atoms. The minimum Gasteiger partial charge on any atom is -0.394 e. The first kappa shape index (κ1) is 35.8. The van der Waals surface area contributed by atoms with Crippen molar-refractivity contribution in [3.05, 3.63) is 0 Å². The number of rotatable bonds is 10. The highest BCUT2D eigenvalue weighted by Crippen LogP contribution is 2.33. The van der Waals surface area contributed by atoms with E-state index in [2.05, 4.69) is 14.8 Å². The fourth-order valence-corrected chi connectivity index (χ4v) is 5.25. The molecule has 3 heterocycles. The van der Waals surface area contributed by atoms with Crippen molar-refractivity contribution in [2.75, 3.05) is 13.2 Å². The van der Waals surface area contributed by atoms with Gasteiger partial charge in [-0.2, -0.15) is 8.42 Å². The van der Waals surface area contributed by atoms with Crippen LogP contribution in [-0.2, 0) is 47.9 Å². The molecule has 0 aliphatic carbocycles. The van der Waals surface area contributed by atoms with Gasteiger partial charge in [-0.15, -0.1) is 0 Å². The number of aliphatic hydroxyl groups is 7. The molecule has 21 heteroatoms. The summed E-state index contributed by atoms with van der Waals surface area (Å²) in [5, 5.41) is 77.0. The van der Waals surface area contributed by atoms with E-state index in [0.29, 0.717) is 0 Å². The summed E-state index contributed by atoms with van der Waals surface area (Å²) in [5.41, 5.74) is 0. The zero-order chi connectivity index (χ0) is 32.4. The fourth-order valence-electron chi connectivity index (χ4n) is 4.94. The van der Waals surface area contributed by atoms with Gasteiger partial charge in [0.2, 0.25) is 11.8 Å². The van der Waals surface area contributed by atoms with Crippen LogP contribution >= 0.6 is 0 Å². The molecule has 0 unspecified atom stereocenters. The average molecular weight is 651 g/mol. The van der Waals surface area contributed by atoms with E-state index in [-0.39, 0.29) is 0 Å². The molecule has 15 atom stereocenters. The van der Waals surface area contributed by atoms with Crippen molar-refractivity contribution >= 4 is 22.2 Å². The number of ether oxygens (including phenoxy) is 5. The molecule has 3 saturated heterocycles. The molecule has 3 rings (SSSR count). The maximum atomic E-state index is 12.1. The van der Waals surface area contributed by atoms with E-state index in [9.17, 15) is 53.8 Å². The van der Waals surface area contributed by atoms with E-state index in [1.54, 1.807) is 0 Å². The van der Waals surface area contributed by atoms with Crippen LogP contribution in [0.15, 0.2) is 0 Å². The molecule has 0 aromatic carbocycles. The molecule has 43 heavy (non-hydrogen) atoms. The number of amides is 2. The summed E-state index contributed by atoms with van der Waals surface area (Å²) in [6.45, 7) is 1.56. The van der Waals surface area contributed by atoms with Gasteiger partial charge in [-0.05, 0) is 6.92 Å². The molecule has 3 aliphatic heterocycles. The lowest BCUT2D eigenvalue weighted by atomic mass is 9.94. The number of carbonyl (C=O) groups excluding carboxylic acids is 2. The zero-order valence-corrected chi connectivity index (χ0v) is 24.0. The number of nitrogens with one attached hydrogen (secondary N) is 2. The Morgan fingerprint density at radius 2 is 1.33 bits per heavy atom. The number of hydrogen-bond acceptors (Lipinski definition) is 17. The van der Waals surface area contributed by atoms with Crippen molar-refractivity contribution in [1.29, 1.82) is 0 Å². The second kappa shape index (κ2) is 14.6.